The molecule has 24 heavy (non-hydrogen) atoms. The largest absolute Gasteiger partial charge is 0.342 e. The second-order valence-electron chi connectivity index (χ2n) is 5.86. The van der Waals surface area contributed by atoms with E-state index in [4.69, 9.17) is 0 Å². The molecule has 1 amide bonds. The molecule has 0 saturated heterocycles. The average molecular weight is 321 g/mol. The van der Waals surface area contributed by atoms with Gasteiger partial charge in [0.05, 0.1) is 11.0 Å². The second-order valence-corrected chi connectivity index (χ2v) is 5.86. The number of hydrogen-bond donors (Lipinski definition) is 2. The van der Waals surface area contributed by atoms with Crippen LogP contribution in [0, 0.1) is 0 Å². The molecule has 8 nitrogen and oxygen atoms in total. The molecule has 0 unspecified atom stereocenters. The topological polar surface area (TPSA) is 101 Å². The normalized spacial score (nSPS) is 11.5. The summed E-state index contributed by atoms with van der Waals surface area (Å²) in [4.78, 5) is 20.2. The molecule has 0 radical (unpaired) electrons. The van der Waals surface area contributed by atoms with E-state index in [0.717, 1.165) is 16.9 Å². The smallest absolute Gasteiger partial charge is 0.255 e. The number of aromatic nitrogens is 6. The number of nitrogens with one attached hydrogen (secondary N) is 2. The van der Waals surface area contributed by atoms with E-state index < -0.39 is 0 Å². The Morgan fingerprint density at radius 2 is 2.12 bits per heavy atom. The zero-order valence-corrected chi connectivity index (χ0v) is 13.2. The molecule has 120 valence electrons. The van der Waals surface area contributed by atoms with Gasteiger partial charge in [-0.05, 0) is 40.8 Å². The van der Waals surface area contributed by atoms with Crippen LogP contribution in [0.5, 0.6) is 0 Å². The Morgan fingerprint density at radius 1 is 1.25 bits per heavy atom. The van der Waals surface area contributed by atoms with Gasteiger partial charge in [-0.15, -0.1) is 5.10 Å². The van der Waals surface area contributed by atoms with Crippen LogP contribution in [0.4, 0.5) is 5.69 Å². The molecule has 0 aliphatic heterocycles. The van der Waals surface area contributed by atoms with Crippen molar-refractivity contribution in [1.29, 1.82) is 0 Å². The van der Waals surface area contributed by atoms with E-state index in [1.54, 1.807) is 18.3 Å². The third kappa shape index (κ3) is 2.47. The number of fused-ring (bicyclic) bond motifs is 2. The lowest BCUT2D eigenvalue weighted by Gasteiger charge is -2.05. The number of carbonyl (C=O) groups is 1. The Bertz CT molecular complexity index is 1050. The highest BCUT2D eigenvalue weighted by Gasteiger charge is 2.11. The summed E-state index contributed by atoms with van der Waals surface area (Å²) in [5, 5.41) is 14.0. The Kier molecular flexibility index (Phi) is 3.23. The third-order valence-corrected chi connectivity index (χ3v) is 3.77. The highest BCUT2D eigenvalue weighted by Crippen LogP contribution is 2.21. The van der Waals surface area contributed by atoms with Crippen molar-refractivity contribution in [3.05, 3.63) is 47.9 Å². The van der Waals surface area contributed by atoms with Gasteiger partial charge in [0.25, 0.3) is 5.91 Å². The number of benzene rings is 1. The Hall–Kier alpha value is -3.29. The van der Waals surface area contributed by atoms with Crippen LogP contribution in [-0.4, -0.2) is 35.9 Å². The molecule has 4 aromatic rings. The van der Waals surface area contributed by atoms with Gasteiger partial charge in [0, 0.05) is 23.4 Å². The summed E-state index contributed by atoms with van der Waals surface area (Å²) in [6.07, 6.45) is 1.65. The SMILES string of the molecule is CC(C)c1nc2ccc(NC(=O)c3ccn4nnnc4c3)cc2[nH]1. The molecule has 0 aliphatic rings. The first-order valence-corrected chi connectivity index (χ1v) is 7.59. The molecular formula is C16H15N7O. The lowest BCUT2D eigenvalue weighted by molar-refractivity contribution is 0.102. The zero-order valence-electron chi connectivity index (χ0n) is 13.2. The van der Waals surface area contributed by atoms with Crippen LogP contribution in [0.3, 0.4) is 0 Å². The van der Waals surface area contributed by atoms with E-state index in [2.05, 4.69) is 44.7 Å². The number of rotatable bonds is 3. The lowest BCUT2D eigenvalue weighted by Crippen LogP contribution is -2.12. The summed E-state index contributed by atoms with van der Waals surface area (Å²) in [7, 11) is 0. The quantitative estimate of drug-likeness (QED) is 0.603. The summed E-state index contributed by atoms with van der Waals surface area (Å²) >= 11 is 0. The first-order valence-electron chi connectivity index (χ1n) is 7.59. The fourth-order valence-electron chi connectivity index (χ4n) is 2.46. The van der Waals surface area contributed by atoms with Gasteiger partial charge in [-0.25, -0.2) is 9.50 Å². The van der Waals surface area contributed by atoms with Crippen molar-refractivity contribution in [1.82, 2.24) is 30.0 Å². The second kappa shape index (κ2) is 5.41. The first-order chi connectivity index (χ1) is 11.6. The molecular weight excluding hydrogens is 306 g/mol. The van der Waals surface area contributed by atoms with Gasteiger partial charge in [-0.1, -0.05) is 13.8 Å². The van der Waals surface area contributed by atoms with Crippen molar-refractivity contribution in [2.75, 3.05) is 5.32 Å². The van der Waals surface area contributed by atoms with Crippen molar-refractivity contribution in [3.8, 4) is 0 Å². The minimum absolute atomic E-state index is 0.219. The van der Waals surface area contributed by atoms with Crippen LogP contribution >= 0.6 is 0 Å². The number of H-pyrrole nitrogens is 1. The monoisotopic (exact) mass is 321 g/mol. The predicted molar refractivity (Wildman–Crippen MR) is 88.9 cm³/mol. The van der Waals surface area contributed by atoms with E-state index in [9.17, 15) is 4.79 Å². The number of carbonyl (C=O) groups excluding carboxylic acids is 1. The van der Waals surface area contributed by atoms with Crippen LogP contribution in [-0.2, 0) is 0 Å². The van der Waals surface area contributed by atoms with E-state index >= 15 is 0 Å². The minimum atomic E-state index is -0.219. The standard InChI is InChI=1S/C16H15N7O/c1-9(2)15-18-12-4-3-11(8-13(12)19-15)17-16(24)10-5-6-23-14(7-10)20-21-22-23/h3-9H,1-2H3,(H,17,24)(H,18,19). The number of tetrazole rings is 1. The van der Waals surface area contributed by atoms with E-state index in [1.165, 1.54) is 4.52 Å². The van der Waals surface area contributed by atoms with Gasteiger partial charge in [-0.2, -0.15) is 0 Å². The molecule has 4 rings (SSSR count). The molecule has 0 bridgehead atoms. The van der Waals surface area contributed by atoms with Crippen LogP contribution in [0.1, 0.15) is 35.9 Å². The van der Waals surface area contributed by atoms with Crippen LogP contribution in [0.2, 0.25) is 0 Å². The molecule has 3 aromatic heterocycles. The molecule has 8 heteroatoms. The van der Waals surface area contributed by atoms with Crippen molar-refractivity contribution in [2.24, 2.45) is 0 Å². The van der Waals surface area contributed by atoms with Crippen molar-refractivity contribution >= 4 is 28.3 Å². The summed E-state index contributed by atoms with van der Waals surface area (Å²) in [6.45, 7) is 4.16. The van der Waals surface area contributed by atoms with Crippen LogP contribution in [0.25, 0.3) is 16.7 Å². The number of imidazole rings is 1. The minimum Gasteiger partial charge on any atom is -0.342 e. The maximum Gasteiger partial charge on any atom is 0.255 e. The molecule has 2 N–H and O–H groups in total. The van der Waals surface area contributed by atoms with Gasteiger partial charge < -0.3 is 10.3 Å². The maximum absolute atomic E-state index is 12.4. The molecule has 0 spiro atoms. The van der Waals surface area contributed by atoms with Crippen molar-refractivity contribution < 1.29 is 4.79 Å². The predicted octanol–water partition coefficient (Wildman–Crippen LogP) is 2.38. The number of nitrogens with zero attached hydrogens (tertiary/aromatic N) is 5. The lowest BCUT2D eigenvalue weighted by atomic mass is 10.2. The zero-order chi connectivity index (χ0) is 16.7. The number of pyridine rings is 1. The molecule has 0 atom stereocenters. The summed E-state index contributed by atoms with van der Waals surface area (Å²) in [6, 6.07) is 8.91. The first kappa shape index (κ1) is 14.3. The summed E-state index contributed by atoms with van der Waals surface area (Å²) in [5.74, 6) is 1.03. The highest BCUT2D eigenvalue weighted by molar-refractivity contribution is 6.05. The van der Waals surface area contributed by atoms with Gasteiger partial charge in [0.15, 0.2) is 5.65 Å². The summed E-state index contributed by atoms with van der Waals surface area (Å²) in [5.41, 5.74) is 3.49. The number of amides is 1. The fraction of sp³-hybridized carbons (Fsp3) is 0.188. The molecule has 0 aliphatic carbocycles. The van der Waals surface area contributed by atoms with Gasteiger partial charge in [-0.3, -0.25) is 4.79 Å². The molecule has 3 heterocycles. The number of aromatic amines is 1. The van der Waals surface area contributed by atoms with E-state index in [0.29, 0.717) is 22.8 Å². The van der Waals surface area contributed by atoms with Gasteiger partial charge in [0.2, 0.25) is 0 Å². The van der Waals surface area contributed by atoms with E-state index in [1.807, 2.05) is 18.2 Å². The van der Waals surface area contributed by atoms with Crippen molar-refractivity contribution in [2.45, 2.75) is 19.8 Å². The third-order valence-electron chi connectivity index (χ3n) is 3.77. The summed E-state index contributed by atoms with van der Waals surface area (Å²) < 4.78 is 1.50. The fourth-order valence-corrected chi connectivity index (χ4v) is 2.46. The highest BCUT2D eigenvalue weighted by atomic mass is 16.1. The van der Waals surface area contributed by atoms with Gasteiger partial charge >= 0.3 is 0 Å². The van der Waals surface area contributed by atoms with Crippen molar-refractivity contribution in [3.63, 3.8) is 0 Å². The van der Waals surface area contributed by atoms with Gasteiger partial charge in [0.1, 0.15) is 5.82 Å². The van der Waals surface area contributed by atoms with E-state index in [-0.39, 0.29) is 5.91 Å². The number of hydrogen-bond acceptors (Lipinski definition) is 5. The van der Waals surface area contributed by atoms with Crippen LogP contribution in [0.15, 0.2) is 36.5 Å². The van der Waals surface area contributed by atoms with Crippen LogP contribution < -0.4 is 5.32 Å². The Balaban J connectivity index is 1.61. The maximum atomic E-state index is 12.4. The molecule has 1 aromatic carbocycles. The average Bonchev–Trinajstić information content (AvgIpc) is 3.20. The molecule has 0 saturated carbocycles. The number of anilines is 1. The Morgan fingerprint density at radius 3 is 2.96 bits per heavy atom. The Labute approximate surface area is 136 Å². The molecule has 0 fully saturated rings.